The summed E-state index contributed by atoms with van der Waals surface area (Å²) in [6, 6.07) is 15.5. The highest BCUT2D eigenvalue weighted by Gasteiger charge is 2.22. The highest BCUT2D eigenvalue weighted by atomic mass is 16.5. The van der Waals surface area contributed by atoms with E-state index in [2.05, 4.69) is 5.32 Å². The first kappa shape index (κ1) is 18.5. The number of ether oxygens (including phenoxy) is 1. The highest BCUT2D eigenvalue weighted by Crippen LogP contribution is 2.12. The number of aromatic hydroxyl groups is 1. The first-order chi connectivity index (χ1) is 12.1. The van der Waals surface area contributed by atoms with Crippen LogP contribution in [0.2, 0.25) is 0 Å². The topological polar surface area (TPSA) is 75.6 Å². The summed E-state index contributed by atoms with van der Waals surface area (Å²) in [7, 11) is 0. The molecule has 0 radical (unpaired) electrons. The van der Waals surface area contributed by atoms with Crippen molar-refractivity contribution in [3.05, 3.63) is 65.7 Å². The molecule has 0 aliphatic rings. The molecule has 2 rings (SSSR count). The van der Waals surface area contributed by atoms with Crippen LogP contribution in [0.4, 0.5) is 0 Å². The fourth-order valence-electron chi connectivity index (χ4n) is 2.47. The van der Waals surface area contributed by atoms with Gasteiger partial charge in [-0.1, -0.05) is 42.5 Å². The van der Waals surface area contributed by atoms with Crippen LogP contribution in [-0.4, -0.2) is 29.6 Å². The molecule has 0 saturated carbocycles. The maximum absolute atomic E-state index is 12.2. The summed E-state index contributed by atoms with van der Waals surface area (Å²) >= 11 is 0. The summed E-state index contributed by atoms with van der Waals surface area (Å²) < 4.78 is 5.06. The van der Waals surface area contributed by atoms with Gasteiger partial charge in [0.05, 0.1) is 6.61 Å². The third-order valence-electron chi connectivity index (χ3n) is 3.77. The van der Waals surface area contributed by atoms with Crippen molar-refractivity contribution >= 4 is 11.9 Å². The Bertz CT molecular complexity index is 683. The lowest BCUT2D eigenvalue weighted by Gasteiger charge is -2.17. The van der Waals surface area contributed by atoms with Crippen molar-refractivity contribution < 1.29 is 19.4 Å². The number of hydrogen-bond acceptors (Lipinski definition) is 4. The molecule has 5 nitrogen and oxygen atoms in total. The Morgan fingerprint density at radius 1 is 1.04 bits per heavy atom. The van der Waals surface area contributed by atoms with Crippen LogP contribution in [0, 0.1) is 0 Å². The predicted molar refractivity (Wildman–Crippen MR) is 95.1 cm³/mol. The van der Waals surface area contributed by atoms with Crippen molar-refractivity contribution in [2.24, 2.45) is 0 Å². The van der Waals surface area contributed by atoms with E-state index >= 15 is 0 Å². The van der Waals surface area contributed by atoms with Gasteiger partial charge in [-0.2, -0.15) is 0 Å². The van der Waals surface area contributed by atoms with Gasteiger partial charge in [-0.05, 0) is 36.6 Å². The average Bonchev–Trinajstić information content (AvgIpc) is 2.62. The van der Waals surface area contributed by atoms with Crippen LogP contribution in [-0.2, 0) is 27.2 Å². The number of rotatable bonds is 8. The van der Waals surface area contributed by atoms with E-state index in [1.165, 1.54) is 0 Å². The van der Waals surface area contributed by atoms with Gasteiger partial charge in [0.1, 0.15) is 11.8 Å². The van der Waals surface area contributed by atoms with E-state index in [9.17, 15) is 14.7 Å². The molecule has 0 bridgehead atoms. The maximum Gasteiger partial charge on any atom is 0.328 e. The molecule has 1 atom stereocenters. The average molecular weight is 341 g/mol. The molecule has 1 amide bonds. The molecule has 132 valence electrons. The van der Waals surface area contributed by atoms with E-state index in [1.54, 1.807) is 31.2 Å². The van der Waals surface area contributed by atoms with Gasteiger partial charge >= 0.3 is 5.97 Å². The van der Waals surface area contributed by atoms with Crippen molar-refractivity contribution in [3.8, 4) is 5.75 Å². The normalized spacial score (nSPS) is 11.6. The van der Waals surface area contributed by atoms with Crippen molar-refractivity contribution in [2.75, 3.05) is 6.61 Å². The highest BCUT2D eigenvalue weighted by molar-refractivity contribution is 5.84. The summed E-state index contributed by atoms with van der Waals surface area (Å²) in [5, 5.41) is 12.1. The van der Waals surface area contributed by atoms with Crippen LogP contribution in [0.1, 0.15) is 24.5 Å². The number of aryl methyl sites for hydroxylation is 1. The molecule has 1 unspecified atom stereocenters. The van der Waals surface area contributed by atoms with Crippen LogP contribution >= 0.6 is 0 Å². The second-order valence-corrected chi connectivity index (χ2v) is 5.73. The van der Waals surface area contributed by atoms with E-state index in [1.807, 2.05) is 30.3 Å². The number of nitrogens with one attached hydrogen (secondary N) is 1. The minimum atomic E-state index is -0.743. The molecule has 0 aliphatic heterocycles. The number of hydrogen-bond donors (Lipinski definition) is 2. The van der Waals surface area contributed by atoms with Crippen LogP contribution in [0.15, 0.2) is 54.6 Å². The Morgan fingerprint density at radius 3 is 2.36 bits per heavy atom. The van der Waals surface area contributed by atoms with E-state index < -0.39 is 12.0 Å². The molecule has 2 aromatic rings. The molecule has 25 heavy (non-hydrogen) atoms. The van der Waals surface area contributed by atoms with Gasteiger partial charge in [0.15, 0.2) is 0 Å². The molecule has 5 heteroatoms. The predicted octanol–water partition coefficient (Wildman–Crippen LogP) is 2.62. The third-order valence-corrected chi connectivity index (χ3v) is 3.77. The zero-order valence-corrected chi connectivity index (χ0v) is 14.3. The van der Waals surface area contributed by atoms with Crippen LogP contribution in [0.25, 0.3) is 0 Å². The first-order valence-electron chi connectivity index (χ1n) is 8.36. The third kappa shape index (κ3) is 6.30. The second-order valence-electron chi connectivity index (χ2n) is 5.73. The minimum absolute atomic E-state index is 0.156. The lowest BCUT2D eigenvalue weighted by atomic mass is 10.0. The van der Waals surface area contributed by atoms with Crippen molar-refractivity contribution in [1.29, 1.82) is 0 Å². The molecule has 2 aromatic carbocycles. The van der Waals surface area contributed by atoms with Gasteiger partial charge < -0.3 is 15.2 Å². The van der Waals surface area contributed by atoms with Crippen LogP contribution in [0.3, 0.4) is 0 Å². The number of benzene rings is 2. The molecule has 0 saturated heterocycles. The quantitative estimate of drug-likeness (QED) is 0.724. The SMILES string of the molecule is CCOC(=O)C(Cc1ccc(O)cc1)NC(=O)CCc1ccccc1. The summed E-state index contributed by atoms with van der Waals surface area (Å²) in [6.07, 6.45) is 1.23. The molecule has 0 aromatic heterocycles. The number of amides is 1. The maximum atomic E-state index is 12.2. The second kappa shape index (κ2) is 9.47. The summed E-state index contributed by atoms with van der Waals surface area (Å²) in [4.78, 5) is 24.4. The number of phenolic OH excluding ortho intramolecular Hbond substituents is 1. The molecule has 0 aliphatic carbocycles. The van der Waals surface area contributed by atoms with E-state index in [-0.39, 0.29) is 18.3 Å². The Balaban J connectivity index is 1.96. The number of carbonyl (C=O) groups is 2. The smallest absolute Gasteiger partial charge is 0.328 e. The Kier molecular flexibility index (Phi) is 7.01. The monoisotopic (exact) mass is 341 g/mol. The summed E-state index contributed by atoms with van der Waals surface area (Å²) in [6.45, 7) is 1.98. The van der Waals surface area contributed by atoms with Crippen LogP contribution in [0.5, 0.6) is 5.75 Å². The lowest BCUT2D eigenvalue weighted by Crippen LogP contribution is -2.43. The molecule has 0 heterocycles. The number of esters is 1. The standard InChI is InChI=1S/C20H23NO4/c1-2-25-20(24)18(14-16-8-11-17(22)12-9-16)21-19(23)13-10-15-6-4-3-5-7-15/h3-9,11-12,18,22H,2,10,13-14H2,1H3,(H,21,23). The van der Waals surface area contributed by atoms with Crippen LogP contribution < -0.4 is 5.32 Å². The Morgan fingerprint density at radius 2 is 1.72 bits per heavy atom. The minimum Gasteiger partial charge on any atom is -0.508 e. The molecular formula is C20H23NO4. The van der Waals surface area contributed by atoms with Gasteiger partial charge in [0.25, 0.3) is 0 Å². The number of carbonyl (C=O) groups excluding carboxylic acids is 2. The van der Waals surface area contributed by atoms with Gasteiger partial charge in [-0.15, -0.1) is 0 Å². The summed E-state index contributed by atoms with van der Waals surface area (Å²) in [5.74, 6) is -0.493. The zero-order valence-electron chi connectivity index (χ0n) is 14.3. The van der Waals surface area contributed by atoms with Gasteiger partial charge in [0.2, 0.25) is 5.91 Å². The Hall–Kier alpha value is -2.82. The van der Waals surface area contributed by atoms with Gasteiger partial charge in [0, 0.05) is 12.8 Å². The van der Waals surface area contributed by atoms with E-state index in [0.29, 0.717) is 19.3 Å². The fraction of sp³-hybridized carbons (Fsp3) is 0.300. The molecular weight excluding hydrogens is 318 g/mol. The molecule has 0 spiro atoms. The summed E-state index contributed by atoms with van der Waals surface area (Å²) in [5.41, 5.74) is 1.91. The Labute approximate surface area is 147 Å². The first-order valence-corrected chi connectivity index (χ1v) is 8.36. The van der Waals surface area contributed by atoms with E-state index in [0.717, 1.165) is 11.1 Å². The van der Waals surface area contributed by atoms with Crippen molar-refractivity contribution in [2.45, 2.75) is 32.2 Å². The zero-order chi connectivity index (χ0) is 18.1. The largest absolute Gasteiger partial charge is 0.508 e. The molecule has 0 fully saturated rings. The number of phenols is 1. The fourth-order valence-corrected chi connectivity index (χ4v) is 2.47. The van der Waals surface area contributed by atoms with E-state index in [4.69, 9.17) is 4.74 Å². The van der Waals surface area contributed by atoms with Crippen molar-refractivity contribution in [3.63, 3.8) is 0 Å². The van der Waals surface area contributed by atoms with Crippen molar-refractivity contribution in [1.82, 2.24) is 5.32 Å². The van der Waals surface area contributed by atoms with Gasteiger partial charge in [-0.25, -0.2) is 4.79 Å². The lowest BCUT2D eigenvalue weighted by molar-refractivity contribution is -0.147. The molecule has 2 N–H and O–H groups in total. The van der Waals surface area contributed by atoms with Gasteiger partial charge in [-0.3, -0.25) is 4.79 Å².